The molecule has 0 unspecified atom stereocenters. The highest BCUT2D eigenvalue weighted by atomic mass is 32.2. The minimum Gasteiger partial charge on any atom is -0.317 e. The average Bonchev–Trinajstić information content (AvgIpc) is 3.31. The molecule has 30 heavy (non-hydrogen) atoms. The van der Waals surface area contributed by atoms with Gasteiger partial charge < -0.3 is 4.57 Å². The van der Waals surface area contributed by atoms with Gasteiger partial charge in [0.25, 0.3) is 11.6 Å². The van der Waals surface area contributed by atoms with Crippen LogP contribution in [0, 0.1) is 21.4 Å². The summed E-state index contributed by atoms with van der Waals surface area (Å²) >= 11 is 1.32. The van der Waals surface area contributed by atoms with E-state index in [2.05, 4.69) is 23.9 Å². The zero-order chi connectivity index (χ0) is 21.4. The molecule has 0 spiro atoms. The van der Waals surface area contributed by atoms with Crippen molar-refractivity contribution < 1.29 is 9.72 Å². The smallest absolute Gasteiger partial charge is 0.283 e. The maximum absolute atomic E-state index is 12.6. The number of nitro benzene ring substituents is 1. The number of thioether (sulfide) groups is 1. The number of hydrazone groups is 1. The zero-order valence-electron chi connectivity index (χ0n) is 16.3. The highest BCUT2D eigenvalue weighted by Gasteiger charge is 2.35. The van der Waals surface area contributed by atoms with Gasteiger partial charge in [-0.05, 0) is 48.0 Å². The molecule has 0 saturated carbocycles. The van der Waals surface area contributed by atoms with Crippen LogP contribution in [0.4, 0.5) is 5.69 Å². The van der Waals surface area contributed by atoms with Crippen molar-refractivity contribution in [2.24, 2.45) is 16.0 Å². The van der Waals surface area contributed by atoms with Crippen LogP contribution in [0.2, 0.25) is 0 Å². The molecule has 0 aliphatic carbocycles. The Morgan fingerprint density at radius 2 is 2.00 bits per heavy atom. The molecule has 1 aromatic carbocycles. The van der Waals surface area contributed by atoms with E-state index in [1.165, 1.54) is 28.9 Å². The second-order valence-corrected chi connectivity index (χ2v) is 8.23. The molecule has 4 rings (SSSR count). The molecule has 2 aliphatic heterocycles. The standard InChI is InChI=1S/C20H18N6O3S/c1-12(2)10-17-23-25-18(21)16(19(27)22-20(25)30-17)11-15-4-3-9-24(15)13-5-7-14(8-6-13)26(28)29/h3-9,11-12,21H,10H2,1-2H3/b16-11-,21-18?. The monoisotopic (exact) mass is 422 g/mol. The fourth-order valence-corrected chi connectivity index (χ4v) is 4.19. The molecule has 10 heteroatoms. The summed E-state index contributed by atoms with van der Waals surface area (Å²) in [6.45, 7) is 4.16. The van der Waals surface area contributed by atoms with Gasteiger partial charge in [0.2, 0.25) is 5.17 Å². The maximum atomic E-state index is 12.6. The Morgan fingerprint density at radius 1 is 1.27 bits per heavy atom. The van der Waals surface area contributed by atoms with Gasteiger partial charge in [-0.1, -0.05) is 13.8 Å². The van der Waals surface area contributed by atoms with E-state index in [1.54, 1.807) is 41.1 Å². The van der Waals surface area contributed by atoms with Crippen molar-refractivity contribution in [1.29, 1.82) is 5.41 Å². The third kappa shape index (κ3) is 3.69. The lowest BCUT2D eigenvalue weighted by Gasteiger charge is -2.20. The normalized spacial score (nSPS) is 17.4. The van der Waals surface area contributed by atoms with E-state index in [-0.39, 0.29) is 17.1 Å². The molecule has 0 bridgehead atoms. The second kappa shape index (κ2) is 7.71. The van der Waals surface area contributed by atoms with Crippen LogP contribution in [0.5, 0.6) is 0 Å². The summed E-state index contributed by atoms with van der Waals surface area (Å²) in [6, 6.07) is 9.69. The van der Waals surface area contributed by atoms with Gasteiger partial charge in [-0.2, -0.15) is 15.1 Å². The minimum absolute atomic E-state index is 0.00138. The number of amidine groups is 2. The van der Waals surface area contributed by atoms with Gasteiger partial charge in [0.05, 0.1) is 10.5 Å². The third-order valence-electron chi connectivity index (χ3n) is 4.49. The van der Waals surface area contributed by atoms with E-state index >= 15 is 0 Å². The van der Waals surface area contributed by atoms with E-state index in [0.717, 1.165) is 11.5 Å². The van der Waals surface area contributed by atoms with Crippen LogP contribution in [-0.4, -0.2) is 36.5 Å². The van der Waals surface area contributed by atoms with Gasteiger partial charge in [-0.15, -0.1) is 0 Å². The van der Waals surface area contributed by atoms with Crippen molar-refractivity contribution in [3.8, 4) is 5.69 Å². The Balaban J connectivity index is 1.66. The molecule has 0 radical (unpaired) electrons. The van der Waals surface area contributed by atoms with Gasteiger partial charge in [0.1, 0.15) is 5.04 Å². The van der Waals surface area contributed by atoms with Crippen molar-refractivity contribution in [3.05, 3.63) is 64.0 Å². The molecule has 152 valence electrons. The summed E-state index contributed by atoms with van der Waals surface area (Å²) in [5, 5.41) is 26.4. The van der Waals surface area contributed by atoms with Crippen LogP contribution < -0.4 is 0 Å². The molecule has 2 aromatic rings. The third-order valence-corrected chi connectivity index (χ3v) is 5.42. The Hall–Kier alpha value is -3.53. The summed E-state index contributed by atoms with van der Waals surface area (Å²) in [4.78, 5) is 27.1. The number of aromatic nitrogens is 1. The van der Waals surface area contributed by atoms with Crippen LogP contribution in [-0.2, 0) is 4.79 Å². The van der Waals surface area contributed by atoms with Crippen molar-refractivity contribution in [2.45, 2.75) is 20.3 Å². The molecule has 3 heterocycles. The lowest BCUT2D eigenvalue weighted by atomic mass is 10.1. The predicted octanol–water partition coefficient (Wildman–Crippen LogP) is 4.05. The molecule has 1 amide bonds. The zero-order valence-corrected chi connectivity index (χ0v) is 17.1. The number of fused-ring (bicyclic) bond motifs is 1. The first-order chi connectivity index (χ1) is 14.3. The molecule has 2 aliphatic rings. The van der Waals surface area contributed by atoms with Crippen molar-refractivity contribution in [3.63, 3.8) is 0 Å². The molecular formula is C20H18N6O3S. The number of nitrogens with one attached hydrogen (secondary N) is 1. The fraction of sp³-hybridized carbons (Fsp3) is 0.200. The molecule has 1 N–H and O–H groups in total. The summed E-state index contributed by atoms with van der Waals surface area (Å²) in [5.41, 5.74) is 1.48. The number of hydrogen-bond acceptors (Lipinski definition) is 6. The molecule has 0 saturated heterocycles. The number of carbonyl (C=O) groups is 1. The van der Waals surface area contributed by atoms with E-state index < -0.39 is 10.8 Å². The molecule has 0 fully saturated rings. The molecule has 9 nitrogen and oxygen atoms in total. The second-order valence-electron chi connectivity index (χ2n) is 7.19. The van der Waals surface area contributed by atoms with E-state index in [0.29, 0.717) is 22.5 Å². The summed E-state index contributed by atoms with van der Waals surface area (Å²) in [7, 11) is 0. The SMILES string of the molecule is CC(C)CC1=NN2C(=N)/C(=C/c3cccn3-c3ccc([N+](=O)[O-])cc3)C(=O)N=C2S1. The Labute approximate surface area is 176 Å². The highest BCUT2D eigenvalue weighted by molar-refractivity contribution is 8.26. The number of nitrogens with zero attached hydrogens (tertiary/aromatic N) is 5. The first-order valence-corrected chi connectivity index (χ1v) is 10.1. The number of non-ortho nitro benzene ring substituents is 1. The van der Waals surface area contributed by atoms with Crippen molar-refractivity contribution in [1.82, 2.24) is 9.58 Å². The fourth-order valence-electron chi connectivity index (χ4n) is 3.09. The summed E-state index contributed by atoms with van der Waals surface area (Å²) in [5.74, 6) is -0.105. The van der Waals surface area contributed by atoms with Gasteiger partial charge in [0, 0.05) is 36.1 Å². The van der Waals surface area contributed by atoms with Crippen LogP contribution >= 0.6 is 11.8 Å². The predicted molar refractivity (Wildman–Crippen MR) is 117 cm³/mol. The van der Waals surface area contributed by atoms with Gasteiger partial charge >= 0.3 is 0 Å². The van der Waals surface area contributed by atoms with Crippen LogP contribution in [0.15, 0.2) is 58.3 Å². The number of nitro groups is 1. The van der Waals surface area contributed by atoms with Gasteiger partial charge in [-0.25, -0.2) is 0 Å². The number of rotatable bonds is 5. The van der Waals surface area contributed by atoms with Gasteiger partial charge in [-0.3, -0.25) is 20.3 Å². The lowest BCUT2D eigenvalue weighted by molar-refractivity contribution is -0.384. The quantitative estimate of drug-likeness (QED) is 0.443. The Morgan fingerprint density at radius 3 is 2.67 bits per heavy atom. The molecular weight excluding hydrogens is 404 g/mol. The average molecular weight is 422 g/mol. The first-order valence-electron chi connectivity index (χ1n) is 9.25. The summed E-state index contributed by atoms with van der Waals surface area (Å²) in [6.07, 6.45) is 4.13. The number of aliphatic imine (C=N–C) groups is 1. The van der Waals surface area contributed by atoms with Gasteiger partial charge in [0.15, 0.2) is 5.84 Å². The van der Waals surface area contributed by atoms with Crippen LogP contribution in [0.25, 0.3) is 11.8 Å². The van der Waals surface area contributed by atoms with Crippen LogP contribution in [0.1, 0.15) is 26.0 Å². The Bertz CT molecular complexity index is 1140. The largest absolute Gasteiger partial charge is 0.317 e. The number of hydrogen-bond donors (Lipinski definition) is 1. The maximum Gasteiger partial charge on any atom is 0.283 e. The van der Waals surface area contributed by atoms with E-state index in [4.69, 9.17) is 5.41 Å². The minimum atomic E-state index is -0.490. The number of amides is 1. The first kappa shape index (κ1) is 19.8. The molecule has 1 aromatic heterocycles. The topological polar surface area (TPSA) is 117 Å². The van der Waals surface area contributed by atoms with E-state index in [1.807, 2.05) is 0 Å². The van der Waals surface area contributed by atoms with Crippen LogP contribution in [0.3, 0.4) is 0 Å². The van der Waals surface area contributed by atoms with E-state index in [9.17, 15) is 14.9 Å². The summed E-state index contributed by atoms with van der Waals surface area (Å²) < 4.78 is 1.78. The number of benzene rings is 1. The Kier molecular flexibility index (Phi) is 5.08. The highest BCUT2D eigenvalue weighted by Crippen LogP contribution is 2.30. The van der Waals surface area contributed by atoms with Crippen molar-refractivity contribution in [2.75, 3.05) is 0 Å². The number of carbonyl (C=O) groups excluding carboxylic acids is 1. The van der Waals surface area contributed by atoms with Crippen molar-refractivity contribution >= 4 is 45.5 Å². The molecule has 0 atom stereocenters. The lowest BCUT2D eigenvalue weighted by Crippen LogP contribution is -2.35.